The lowest BCUT2D eigenvalue weighted by atomic mass is 10.4. The Morgan fingerprint density at radius 2 is 2.12 bits per heavy atom. The standard InChI is InChI=1S/C12H15N3OS/c1-9-5-6-14-12(15-9)17-8-11-4-3-10(16-11)7-13-2/h3-6,13H,7-8H2,1-2H3. The van der Waals surface area contributed by atoms with Gasteiger partial charge in [-0.3, -0.25) is 0 Å². The van der Waals surface area contributed by atoms with Gasteiger partial charge in [-0.2, -0.15) is 0 Å². The quantitative estimate of drug-likeness (QED) is 0.651. The molecule has 0 aliphatic carbocycles. The summed E-state index contributed by atoms with van der Waals surface area (Å²) in [6.07, 6.45) is 1.78. The molecule has 0 radical (unpaired) electrons. The lowest BCUT2D eigenvalue weighted by Gasteiger charge is -1.99. The zero-order valence-corrected chi connectivity index (χ0v) is 10.8. The Morgan fingerprint density at radius 1 is 1.29 bits per heavy atom. The number of rotatable bonds is 5. The number of furan rings is 1. The molecule has 90 valence electrons. The van der Waals surface area contributed by atoms with E-state index in [-0.39, 0.29) is 0 Å². The van der Waals surface area contributed by atoms with E-state index in [1.165, 1.54) is 0 Å². The van der Waals surface area contributed by atoms with Gasteiger partial charge in [-0.15, -0.1) is 0 Å². The Kier molecular flexibility index (Phi) is 4.17. The third-order valence-corrected chi connectivity index (χ3v) is 3.07. The van der Waals surface area contributed by atoms with E-state index in [9.17, 15) is 0 Å². The van der Waals surface area contributed by atoms with Crippen molar-refractivity contribution in [1.82, 2.24) is 15.3 Å². The molecule has 0 saturated carbocycles. The van der Waals surface area contributed by atoms with E-state index >= 15 is 0 Å². The number of aromatic nitrogens is 2. The Hall–Kier alpha value is -1.33. The average Bonchev–Trinajstić information content (AvgIpc) is 2.75. The minimum Gasteiger partial charge on any atom is -0.464 e. The first-order chi connectivity index (χ1) is 8.28. The van der Waals surface area contributed by atoms with Crippen LogP contribution in [0, 0.1) is 6.92 Å². The number of nitrogens with zero attached hydrogens (tertiary/aromatic N) is 2. The van der Waals surface area contributed by atoms with Crippen molar-refractivity contribution in [1.29, 1.82) is 0 Å². The van der Waals surface area contributed by atoms with Crippen molar-refractivity contribution in [2.75, 3.05) is 7.05 Å². The van der Waals surface area contributed by atoms with E-state index in [0.717, 1.165) is 34.7 Å². The minimum atomic E-state index is 0.756. The van der Waals surface area contributed by atoms with Crippen LogP contribution in [0.25, 0.3) is 0 Å². The first-order valence-corrected chi connectivity index (χ1v) is 6.41. The SMILES string of the molecule is CNCc1ccc(CSc2nccc(C)n2)o1. The third kappa shape index (κ3) is 3.57. The van der Waals surface area contributed by atoms with Crippen LogP contribution in [0.5, 0.6) is 0 Å². The van der Waals surface area contributed by atoms with E-state index in [0.29, 0.717) is 0 Å². The summed E-state index contributed by atoms with van der Waals surface area (Å²) in [5, 5.41) is 3.84. The summed E-state index contributed by atoms with van der Waals surface area (Å²) in [5.41, 5.74) is 0.984. The molecule has 5 heteroatoms. The monoisotopic (exact) mass is 249 g/mol. The van der Waals surface area contributed by atoms with Crippen molar-refractivity contribution in [3.8, 4) is 0 Å². The smallest absolute Gasteiger partial charge is 0.188 e. The van der Waals surface area contributed by atoms with Gasteiger partial charge < -0.3 is 9.73 Å². The van der Waals surface area contributed by atoms with Gasteiger partial charge in [0.25, 0.3) is 0 Å². The van der Waals surface area contributed by atoms with Gasteiger partial charge in [-0.25, -0.2) is 9.97 Å². The van der Waals surface area contributed by atoms with E-state index in [4.69, 9.17) is 4.42 Å². The van der Waals surface area contributed by atoms with Gasteiger partial charge in [0.05, 0.1) is 12.3 Å². The topological polar surface area (TPSA) is 51.0 Å². The van der Waals surface area contributed by atoms with Gasteiger partial charge in [0, 0.05) is 11.9 Å². The molecular weight excluding hydrogens is 234 g/mol. The van der Waals surface area contributed by atoms with Crippen LogP contribution in [-0.2, 0) is 12.3 Å². The molecule has 0 bridgehead atoms. The van der Waals surface area contributed by atoms with Gasteiger partial charge in [-0.05, 0) is 32.2 Å². The highest BCUT2D eigenvalue weighted by atomic mass is 32.2. The van der Waals surface area contributed by atoms with Crippen LogP contribution >= 0.6 is 11.8 Å². The zero-order chi connectivity index (χ0) is 12.1. The summed E-state index contributed by atoms with van der Waals surface area (Å²) in [7, 11) is 1.90. The Morgan fingerprint density at radius 3 is 2.88 bits per heavy atom. The second-order valence-corrected chi connectivity index (χ2v) is 4.61. The molecule has 17 heavy (non-hydrogen) atoms. The number of nitrogens with one attached hydrogen (secondary N) is 1. The Bertz CT molecular complexity index is 484. The molecular formula is C12H15N3OS. The highest BCUT2D eigenvalue weighted by Gasteiger charge is 2.04. The predicted molar refractivity (Wildman–Crippen MR) is 67.8 cm³/mol. The molecule has 4 nitrogen and oxygen atoms in total. The summed E-state index contributed by atoms with van der Waals surface area (Å²) >= 11 is 1.58. The second-order valence-electron chi connectivity index (χ2n) is 3.67. The molecule has 0 aliphatic rings. The van der Waals surface area contributed by atoms with Crippen LogP contribution in [0.15, 0.2) is 34.0 Å². The van der Waals surface area contributed by atoms with Crippen LogP contribution in [0.2, 0.25) is 0 Å². The third-order valence-electron chi connectivity index (χ3n) is 2.18. The number of hydrogen-bond donors (Lipinski definition) is 1. The van der Waals surface area contributed by atoms with Gasteiger partial charge in [-0.1, -0.05) is 11.8 Å². The zero-order valence-electron chi connectivity index (χ0n) is 9.93. The van der Waals surface area contributed by atoms with Gasteiger partial charge in [0.1, 0.15) is 11.5 Å². The summed E-state index contributed by atoms with van der Waals surface area (Å²) in [4.78, 5) is 8.52. The summed E-state index contributed by atoms with van der Waals surface area (Å²) in [6.45, 7) is 2.72. The highest BCUT2D eigenvalue weighted by molar-refractivity contribution is 7.98. The fourth-order valence-electron chi connectivity index (χ4n) is 1.40. The summed E-state index contributed by atoms with van der Waals surface area (Å²) < 4.78 is 5.64. The van der Waals surface area contributed by atoms with Crippen LogP contribution in [-0.4, -0.2) is 17.0 Å². The molecule has 0 aromatic carbocycles. The normalized spacial score (nSPS) is 10.7. The number of thioether (sulfide) groups is 1. The van der Waals surface area contributed by atoms with Crippen LogP contribution < -0.4 is 5.32 Å². The largest absolute Gasteiger partial charge is 0.464 e. The molecule has 1 N–H and O–H groups in total. The first-order valence-electron chi connectivity index (χ1n) is 5.42. The number of hydrogen-bond acceptors (Lipinski definition) is 5. The van der Waals surface area contributed by atoms with Crippen molar-refractivity contribution in [3.05, 3.63) is 41.6 Å². The lowest BCUT2D eigenvalue weighted by molar-refractivity contribution is 0.469. The van der Waals surface area contributed by atoms with E-state index < -0.39 is 0 Å². The molecule has 0 unspecified atom stereocenters. The Labute approximate surface area is 105 Å². The molecule has 2 aromatic heterocycles. The molecule has 0 amide bonds. The molecule has 0 spiro atoms. The summed E-state index contributed by atoms with van der Waals surface area (Å²) in [6, 6.07) is 5.88. The highest BCUT2D eigenvalue weighted by Crippen LogP contribution is 2.20. The van der Waals surface area contributed by atoms with E-state index in [1.807, 2.05) is 32.2 Å². The molecule has 0 atom stereocenters. The van der Waals surface area contributed by atoms with Crippen molar-refractivity contribution >= 4 is 11.8 Å². The van der Waals surface area contributed by atoms with Crippen LogP contribution in [0.4, 0.5) is 0 Å². The predicted octanol–water partition coefficient (Wildman–Crippen LogP) is 2.39. The first kappa shape index (κ1) is 12.1. The molecule has 2 heterocycles. The maximum absolute atomic E-state index is 5.64. The minimum absolute atomic E-state index is 0.756. The average molecular weight is 249 g/mol. The number of aryl methyl sites for hydroxylation is 1. The molecule has 0 fully saturated rings. The molecule has 0 saturated heterocycles. The molecule has 2 aromatic rings. The maximum atomic E-state index is 5.64. The van der Waals surface area contributed by atoms with Crippen LogP contribution in [0.1, 0.15) is 17.2 Å². The maximum Gasteiger partial charge on any atom is 0.188 e. The van der Waals surface area contributed by atoms with Gasteiger partial charge >= 0.3 is 0 Å². The van der Waals surface area contributed by atoms with Crippen molar-refractivity contribution in [2.45, 2.75) is 24.4 Å². The van der Waals surface area contributed by atoms with Gasteiger partial charge in [0.2, 0.25) is 0 Å². The fraction of sp³-hybridized carbons (Fsp3) is 0.333. The molecule has 0 aliphatic heterocycles. The van der Waals surface area contributed by atoms with E-state index in [2.05, 4.69) is 15.3 Å². The fourth-order valence-corrected chi connectivity index (χ4v) is 2.17. The van der Waals surface area contributed by atoms with E-state index in [1.54, 1.807) is 18.0 Å². The molecule has 2 rings (SSSR count). The van der Waals surface area contributed by atoms with Crippen molar-refractivity contribution < 1.29 is 4.42 Å². The van der Waals surface area contributed by atoms with Crippen molar-refractivity contribution in [2.24, 2.45) is 0 Å². The van der Waals surface area contributed by atoms with Gasteiger partial charge in [0.15, 0.2) is 5.16 Å². The second kappa shape index (κ2) is 5.84. The summed E-state index contributed by atoms with van der Waals surface area (Å²) in [5.74, 6) is 2.66. The van der Waals surface area contributed by atoms with Crippen molar-refractivity contribution in [3.63, 3.8) is 0 Å². The lowest BCUT2D eigenvalue weighted by Crippen LogP contribution is -2.03. The van der Waals surface area contributed by atoms with Crippen LogP contribution in [0.3, 0.4) is 0 Å². The Balaban J connectivity index is 1.93.